The summed E-state index contributed by atoms with van der Waals surface area (Å²) in [5, 5.41) is 3.02. The number of hydrogen-bond acceptors (Lipinski definition) is 2. The molecule has 1 nitrogen and oxygen atoms in total. The zero-order valence-corrected chi connectivity index (χ0v) is 11.8. The number of carbonyl (C=O) groups is 1. The highest BCUT2D eigenvalue weighted by atomic mass is 32.1. The van der Waals surface area contributed by atoms with Crippen LogP contribution in [0.3, 0.4) is 0 Å². The SMILES string of the molecule is Cc1ccc(C(=O)c2csc3ccccc23)c(C)c1. The molecule has 2 heteroatoms. The Kier molecular flexibility index (Phi) is 2.96. The first kappa shape index (κ1) is 12.1. The molecule has 2 aromatic carbocycles. The molecule has 1 aromatic heterocycles. The minimum Gasteiger partial charge on any atom is -0.289 e. The number of ketones is 1. The number of hydrogen-bond donors (Lipinski definition) is 0. The molecule has 0 bridgehead atoms. The van der Waals surface area contributed by atoms with Crippen molar-refractivity contribution in [2.45, 2.75) is 13.8 Å². The summed E-state index contributed by atoms with van der Waals surface area (Å²) in [6.45, 7) is 4.04. The van der Waals surface area contributed by atoms with Crippen LogP contribution in [0.1, 0.15) is 27.0 Å². The van der Waals surface area contributed by atoms with Gasteiger partial charge in [-0.25, -0.2) is 0 Å². The van der Waals surface area contributed by atoms with E-state index in [9.17, 15) is 4.79 Å². The summed E-state index contributed by atoms with van der Waals surface area (Å²) in [6, 6.07) is 14.0. The predicted molar refractivity (Wildman–Crippen MR) is 81.2 cm³/mol. The summed E-state index contributed by atoms with van der Waals surface area (Å²) >= 11 is 1.63. The first-order valence-electron chi connectivity index (χ1n) is 6.25. The summed E-state index contributed by atoms with van der Waals surface area (Å²) in [5.74, 6) is 0.120. The third-order valence-corrected chi connectivity index (χ3v) is 4.32. The van der Waals surface area contributed by atoms with Crippen LogP contribution in [0.2, 0.25) is 0 Å². The van der Waals surface area contributed by atoms with Crippen LogP contribution in [0.25, 0.3) is 10.1 Å². The standard InChI is InChI=1S/C17H14OS/c1-11-7-8-13(12(2)9-11)17(18)15-10-19-16-6-4-3-5-14(15)16/h3-10H,1-2H3. The monoisotopic (exact) mass is 266 g/mol. The average molecular weight is 266 g/mol. The predicted octanol–water partition coefficient (Wildman–Crippen LogP) is 4.75. The van der Waals surface area contributed by atoms with Gasteiger partial charge in [0, 0.05) is 26.6 Å². The molecule has 1 heterocycles. The minimum absolute atomic E-state index is 0.120. The van der Waals surface area contributed by atoms with Crippen molar-refractivity contribution in [1.29, 1.82) is 0 Å². The number of thiophene rings is 1. The molecule has 0 aliphatic heterocycles. The maximum atomic E-state index is 12.7. The highest BCUT2D eigenvalue weighted by molar-refractivity contribution is 7.17. The van der Waals surface area contributed by atoms with Gasteiger partial charge >= 0.3 is 0 Å². The lowest BCUT2D eigenvalue weighted by Crippen LogP contribution is -2.03. The fourth-order valence-electron chi connectivity index (χ4n) is 2.37. The molecule has 0 amide bonds. The van der Waals surface area contributed by atoms with Gasteiger partial charge in [-0.15, -0.1) is 11.3 Å². The lowest BCUT2D eigenvalue weighted by atomic mass is 9.97. The third-order valence-electron chi connectivity index (χ3n) is 3.35. The molecule has 0 atom stereocenters. The van der Waals surface area contributed by atoms with Gasteiger partial charge in [-0.3, -0.25) is 4.79 Å². The molecule has 19 heavy (non-hydrogen) atoms. The second-order valence-corrected chi connectivity index (χ2v) is 5.70. The Bertz CT molecular complexity index is 768. The lowest BCUT2D eigenvalue weighted by molar-refractivity contribution is 0.104. The van der Waals surface area contributed by atoms with Crippen molar-refractivity contribution in [3.63, 3.8) is 0 Å². The molecule has 0 N–H and O–H groups in total. The maximum absolute atomic E-state index is 12.7. The molecule has 94 valence electrons. The van der Waals surface area contributed by atoms with E-state index < -0.39 is 0 Å². The van der Waals surface area contributed by atoms with Crippen LogP contribution in [0, 0.1) is 13.8 Å². The average Bonchev–Trinajstić information content (AvgIpc) is 2.82. The minimum atomic E-state index is 0.120. The van der Waals surface area contributed by atoms with E-state index in [-0.39, 0.29) is 5.78 Å². The summed E-state index contributed by atoms with van der Waals surface area (Å²) in [5.41, 5.74) is 3.84. The molecule has 0 saturated heterocycles. The molecule has 0 spiro atoms. The van der Waals surface area contributed by atoms with Gasteiger partial charge < -0.3 is 0 Å². The first-order chi connectivity index (χ1) is 9.16. The van der Waals surface area contributed by atoms with Crippen molar-refractivity contribution in [3.05, 3.63) is 70.1 Å². The van der Waals surface area contributed by atoms with Gasteiger partial charge in [-0.05, 0) is 25.5 Å². The molecular weight excluding hydrogens is 252 g/mol. The summed E-state index contributed by atoms with van der Waals surface area (Å²) in [7, 11) is 0. The zero-order valence-electron chi connectivity index (χ0n) is 10.9. The highest BCUT2D eigenvalue weighted by Gasteiger charge is 2.15. The van der Waals surface area contributed by atoms with Crippen molar-refractivity contribution >= 4 is 27.2 Å². The van der Waals surface area contributed by atoms with Gasteiger partial charge in [-0.1, -0.05) is 42.0 Å². The lowest BCUT2D eigenvalue weighted by Gasteiger charge is -2.05. The van der Waals surface area contributed by atoms with E-state index in [4.69, 9.17) is 0 Å². The molecule has 0 aliphatic rings. The van der Waals surface area contributed by atoms with E-state index in [0.717, 1.165) is 26.8 Å². The fraction of sp³-hybridized carbons (Fsp3) is 0.118. The largest absolute Gasteiger partial charge is 0.289 e. The van der Waals surface area contributed by atoms with E-state index >= 15 is 0 Å². The molecule has 0 radical (unpaired) electrons. The topological polar surface area (TPSA) is 17.1 Å². The van der Waals surface area contributed by atoms with Crippen molar-refractivity contribution in [1.82, 2.24) is 0 Å². The Hall–Kier alpha value is -1.93. The number of carbonyl (C=O) groups excluding carboxylic acids is 1. The Morgan fingerprint density at radius 1 is 1.00 bits per heavy atom. The number of aryl methyl sites for hydroxylation is 2. The van der Waals surface area contributed by atoms with Crippen molar-refractivity contribution in [3.8, 4) is 0 Å². The van der Waals surface area contributed by atoms with E-state index in [1.807, 2.05) is 49.6 Å². The van der Waals surface area contributed by atoms with E-state index in [2.05, 4.69) is 12.1 Å². The summed E-state index contributed by atoms with van der Waals surface area (Å²) in [6.07, 6.45) is 0. The van der Waals surface area contributed by atoms with Gasteiger partial charge in [0.2, 0.25) is 0 Å². The molecule has 0 unspecified atom stereocenters. The Morgan fingerprint density at radius 2 is 1.79 bits per heavy atom. The summed E-state index contributed by atoms with van der Waals surface area (Å²) in [4.78, 5) is 12.7. The maximum Gasteiger partial charge on any atom is 0.194 e. The molecule has 3 rings (SSSR count). The van der Waals surface area contributed by atoms with E-state index in [1.54, 1.807) is 11.3 Å². The van der Waals surface area contributed by atoms with Crippen molar-refractivity contribution in [2.75, 3.05) is 0 Å². The molecule has 0 aliphatic carbocycles. The highest BCUT2D eigenvalue weighted by Crippen LogP contribution is 2.28. The smallest absolute Gasteiger partial charge is 0.194 e. The molecule has 0 fully saturated rings. The number of rotatable bonds is 2. The van der Waals surface area contributed by atoms with Crippen LogP contribution in [0.15, 0.2) is 47.8 Å². The van der Waals surface area contributed by atoms with Gasteiger partial charge in [0.25, 0.3) is 0 Å². The van der Waals surface area contributed by atoms with Gasteiger partial charge in [0.15, 0.2) is 5.78 Å². The third kappa shape index (κ3) is 2.08. The van der Waals surface area contributed by atoms with Crippen LogP contribution < -0.4 is 0 Å². The van der Waals surface area contributed by atoms with Crippen LogP contribution >= 0.6 is 11.3 Å². The Balaban J connectivity index is 2.13. The van der Waals surface area contributed by atoms with Crippen LogP contribution in [0.5, 0.6) is 0 Å². The number of benzene rings is 2. The van der Waals surface area contributed by atoms with Crippen LogP contribution in [-0.2, 0) is 0 Å². The van der Waals surface area contributed by atoms with E-state index in [0.29, 0.717) is 0 Å². The Morgan fingerprint density at radius 3 is 2.58 bits per heavy atom. The fourth-order valence-corrected chi connectivity index (χ4v) is 3.31. The van der Waals surface area contributed by atoms with Gasteiger partial charge in [-0.2, -0.15) is 0 Å². The zero-order chi connectivity index (χ0) is 13.4. The van der Waals surface area contributed by atoms with Crippen LogP contribution in [0.4, 0.5) is 0 Å². The molecule has 0 saturated carbocycles. The quantitative estimate of drug-likeness (QED) is 0.612. The summed E-state index contributed by atoms with van der Waals surface area (Å²) < 4.78 is 1.16. The normalized spacial score (nSPS) is 10.8. The van der Waals surface area contributed by atoms with Crippen molar-refractivity contribution < 1.29 is 4.79 Å². The van der Waals surface area contributed by atoms with Crippen LogP contribution in [-0.4, -0.2) is 5.78 Å². The second kappa shape index (κ2) is 4.63. The second-order valence-electron chi connectivity index (χ2n) is 4.79. The first-order valence-corrected chi connectivity index (χ1v) is 7.13. The molecular formula is C17H14OS. The number of fused-ring (bicyclic) bond motifs is 1. The Labute approximate surface area is 116 Å². The van der Waals surface area contributed by atoms with Gasteiger partial charge in [0.1, 0.15) is 0 Å². The van der Waals surface area contributed by atoms with Crippen molar-refractivity contribution in [2.24, 2.45) is 0 Å². The molecule has 3 aromatic rings. The van der Waals surface area contributed by atoms with E-state index in [1.165, 1.54) is 5.56 Å². The van der Waals surface area contributed by atoms with Gasteiger partial charge in [0.05, 0.1) is 0 Å².